The van der Waals surface area contributed by atoms with Crippen LogP contribution >= 0.6 is 0 Å². The lowest BCUT2D eigenvalue weighted by molar-refractivity contribution is 0.930. The summed E-state index contributed by atoms with van der Waals surface area (Å²) in [4.78, 5) is 8.08. The predicted molar refractivity (Wildman–Crippen MR) is 50.1 cm³/mol. The van der Waals surface area contributed by atoms with E-state index in [-0.39, 0.29) is 0 Å². The number of amidine groups is 1. The second-order valence-electron chi connectivity index (χ2n) is 2.50. The normalized spacial score (nSPS) is 11.6. The molecule has 3 heteroatoms. The Morgan fingerprint density at radius 3 is 2.75 bits per heavy atom. The summed E-state index contributed by atoms with van der Waals surface area (Å²) in [6.07, 6.45) is 4.44. The van der Waals surface area contributed by atoms with Gasteiger partial charge in [0.1, 0.15) is 5.84 Å². The minimum absolute atomic E-state index is 0.597. The average molecular weight is 163 g/mol. The van der Waals surface area contributed by atoms with Gasteiger partial charge in [0.15, 0.2) is 0 Å². The zero-order chi connectivity index (χ0) is 8.81. The summed E-state index contributed by atoms with van der Waals surface area (Å²) in [5.74, 6) is 0.597. The van der Waals surface area contributed by atoms with Crippen molar-refractivity contribution in [2.75, 3.05) is 6.54 Å². The monoisotopic (exact) mass is 163 g/mol. The maximum atomic E-state index is 5.70. The van der Waals surface area contributed by atoms with Gasteiger partial charge in [-0.15, -0.1) is 0 Å². The molecule has 0 aliphatic rings. The van der Waals surface area contributed by atoms with Gasteiger partial charge in [-0.3, -0.25) is 9.98 Å². The summed E-state index contributed by atoms with van der Waals surface area (Å²) in [6, 6.07) is 3.71. The molecule has 0 amide bonds. The van der Waals surface area contributed by atoms with E-state index >= 15 is 0 Å². The minimum Gasteiger partial charge on any atom is -0.384 e. The topological polar surface area (TPSA) is 51.3 Å². The van der Waals surface area contributed by atoms with Crippen molar-refractivity contribution in [2.24, 2.45) is 10.7 Å². The quantitative estimate of drug-likeness (QED) is 0.537. The smallest absolute Gasteiger partial charge is 0.125 e. The lowest BCUT2D eigenvalue weighted by Crippen LogP contribution is -2.13. The number of nitrogens with two attached hydrogens (primary N) is 1. The summed E-state index contributed by atoms with van der Waals surface area (Å²) in [6.45, 7) is 2.86. The highest BCUT2D eigenvalue weighted by Gasteiger charge is 1.94. The number of nitrogens with zero attached hydrogens (tertiary/aromatic N) is 2. The fourth-order valence-electron chi connectivity index (χ4n) is 0.846. The summed E-state index contributed by atoms with van der Waals surface area (Å²) >= 11 is 0. The molecule has 0 unspecified atom stereocenters. The Kier molecular flexibility index (Phi) is 3.26. The van der Waals surface area contributed by atoms with E-state index < -0.39 is 0 Å². The molecule has 0 aliphatic carbocycles. The zero-order valence-electron chi connectivity index (χ0n) is 7.20. The summed E-state index contributed by atoms with van der Waals surface area (Å²) < 4.78 is 0. The van der Waals surface area contributed by atoms with Crippen molar-refractivity contribution >= 4 is 5.84 Å². The van der Waals surface area contributed by atoms with Crippen LogP contribution in [0.15, 0.2) is 29.5 Å². The molecule has 64 valence electrons. The Labute approximate surface area is 72.3 Å². The predicted octanol–water partition coefficient (Wildman–Crippen LogP) is 1.20. The summed E-state index contributed by atoms with van der Waals surface area (Å²) in [5.41, 5.74) is 6.65. The van der Waals surface area contributed by atoms with Crippen molar-refractivity contribution < 1.29 is 0 Å². The molecule has 3 nitrogen and oxygen atoms in total. The molecule has 0 saturated carbocycles. The highest BCUT2D eigenvalue weighted by Crippen LogP contribution is 1.95. The van der Waals surface area contributed by atoms with Crippen LogP contribution in [0.2, 0.25) is 0 Å². The first-order valence-electron chi connectivity index (χ1n) is 4.05. The van der Waals surface area contributed by atoms with Gasteiger partial charge in [0.2, 0.25) is 0 Å². The second-order valence-corrected chi connectivity index (χ2v) is 2.50. The van der Waals surface area contributed by atoms with Crippen LogP contribution < -0.4 is 5.73 Å². The maximum absolute atomic E-state index is 5.70. The molecule has 0 aromatic carbocycles. The first-order chi connectivity index (χ1) is 5.84. The van der Waals surface area contributed by atoms with Crippen molar-refractivity contribution in [3.8, 4) is 0 Å². The molecule has 0 aliphatic heterocycles. The molecule has 1 aromatic rings. The van der Waals surface area contributed by atoms with Gasteiger partial charge in [-0.25, -0.2) is 0 Å². The van der Waals surface area contributed by atoms with Crippen LogP contribution in [-0.2, 0) is 0 Å². The highest BCUT2D eigenvalue weighted by molar-refractivity contribution is 5.97. The van der Waals surface area contributed by atoms with Crippen LogP contribution in [0.25, 0.3) is 0 Å². The molecule has 2 N–H and O–H groups in total. The van der Waals surface area contributed by atoms with Crippen molar-refractivity contribution in [3.05, 3.63) is 30.1 Å². The zero-order valence-corrected chi connectivity index (χ0v) is 7.20. The Morgan fingerprint density at radius 1 is 1.50 bits per heavy atom. The number of hydrogen-bond donors (Lipinski definition) is 1. The average Bonchev–Trinajstić information content (AvgIpc) is 2.15. The standard InChI is InChI=1S/C9H13N3/c1-2-5-12-9(10)8-3-6-11-7-4-8/h3-4,6-7H,2,5H2,1H3,(H2,10,12). The van der Waals surface area contributed by atoms with Crippen LogP contribution in [0.4, 0.5) is 0 Å². The van der Waals surface area contributed by atoms with Crippen LogP contribution in [-0.4, -0.2) is 17.4 Å². The van der Waals surface area contributed by atoms with Crippen LogP contribution in [0.5, 0.6) is 0 Å². The van der Waals surface area contributed by atoms with E-state index in [2.05, 4.69) is 16.9 Å². The third kappa shape index (κ3) is 2.34. The van der Waals surface area contributed by atoms with E-state index in [4.69, 9.17) is 5.73 Å². The van der Waals surface area contributed by atoms with Gasteiger partial charge in [-0.2, -0.15) is 0 Å². The van der Waals surface area contributed by atoms with Crippen LogP contribution in [0.1, 0.15) is 18.9 Å². The second kappa shape index (κ2) is 4.49. The fraction of sp³-hybridized carbons (Fsp3) is 0.333. The van der Waals surface area contributed by atoms with Gasteiger partial charge in [0.05, 0.1) is 0 Å². The van der Waals surface area contributed by atoms with Crippen molar-refractivity contribution in [1.29, 1.82) is 0 Å². The third-order valence-electron chi connectivity index (χ3n) is 1.48. The molecule has 12 heavy (non-hydrogen) atoms. The molecule has 0 fully saturated rings. The Morgan fingerprint density at radius 2 is 2.17 bits per heavy atom. The van der Waals surface area contributed by atoms with Crippen molar-refractivity contribution in [3.63, 3.8) is 0 Å². The first-order valence-corrected chi connectivity index (χ1v) is 4.05. The van der Waals surface area contributed by atoms with Gasteiger partial charge in [0, 0.05) is 24.5 Å². The van der Waals surface area contributed by atoms with E-state index in [0.29, 0.717) is 5.84 Å². The van der Waals surface area contributed by atoms with E-state index in [1.165, 1.54) is 0 Å². The molecule has 0 saturated heterocycles. The van der Waals surface area contributed by atoms with Crippen LogP contribution in [0.3, 0.4) is 0 Å². The van der Waals surface area contributed by atoms with Crippen molar-refractivity contribution in [1.82, 2.24) is 4.98 Å². The van der Waals surface area contributed by atoms with E-state index in [0.717, 1.165) is 18.5 Å². The van der Waals surface area contributed by atoms with Gasteiger partial charge >= 0.3 is 0 Å². The van der Waals surface area contributed by atoms with Gasteiger partial charge < -0.3 is 5.73 Å². The fourth-order valence-corrected chi connectivity index (χ4v) is 0.846. The number of pyridine rings is 1. The van der Waals surface area contributed by atoms with Gasteiger partial charge in [-0.1, -0.05) is 6.92 Å². The Bertz CT molecular complexity index is 254. The van der Waals surface area contributed by atoms with Crippen molar-refractivity contribution in [2.45, 2.75) is 13.3 Å². The van der Waals surface area contributed by atoms with E-state index in [9.17, 15) is 0 Å². The molecular weight excluding hydrogens is 150 g/mol. The van der Waals surface area contributed by atoms with Crippen LogP contribution in [0, 0.1) is 0 Å². The highest BCUT2D eigenvalue weighted by atomic mass is 14.8. The largest absolute Gasteiger partial charge is 0.384 e. The molecule has 1 heterocycles. The SMILES string of the molecule is CCCN=C(N)c1ccncc1. The molecule has 1 aromatic heterocycles. The number of aromatic nitrogens is 1. The molecule has 0 atom stereocenters. The lowest BCUT2D eigenvalue weighted by Gasteiger charge is -1.98. The summed E-state index contributed by atoms with van der Waals surface area (Å²) in [7, 11) is 0. The summed E-state index contributed by atoms with van der Waals surface area (Å²) in [5, 5.41) is 0. The molecule has 0 spiro atoms. The molecule has 1 rings (SSSR count). The van der Waals surface area contributed by atoms with Gasteiger partial charge in [0.25, 0.3) is 0 Å². The lowest BCUT2D eigenvalue weighted by atomic mass is 10.2. The third-order valence-corrected chi connectivity index (χ3v) is 1.48. The van der Waals surface area contributed by atoms with E-state index in [1.807, 2.05) is 12.1 Å². The minimum atomic E-state index is 0.597. The Balaban J connectivity index is 2.71. The molecule has 0 radical (unpaired) electrons. The first kappa shape index (κ1) is 8.71. The Hall–Kier alpha value is -1.38. The van der Waals surface area contributed by atoms with E-state index in [1.54, 1.807) is 12.4 Å². The maximum Gasteiger partial charge on any atom is 0.125 e. The molecule has 0 bridgehead atoms. The number of rotatable bonds is 3. The molecular formula is C9H13N3. The number of hydrogen-bond acceptors (Lipinski definition) is 2. The number of aliphatic imine (C=N–C) groups is 1. The van der Waals surface area contributed by atoms with Gasteiger partial charge in [-0.05, 0) is 18.6 Å².